The van der Waals surface area contributed by atoms with Crippen molar-refractivity contribution in [2.45, 2.75) is 13.1 Å². The van der Waals surface area contributed by atoms with E-state index in [-0.39, 0.29) is 5.69 Å². The molecule has 0 unspecified atom stereocenters. The summed E-state index contributed by atoms with van der Waals surface area (Å²) < 4.78 is 46.4. The zero-order valence-electron chi connectivity index (χ0n) is 16.7. The highest BCUT2D eigenvalue weighted by Crippen LogP contribution is 2.33. The summed E-state index contributed by atoms with van der Waals surface area (Å²) in [6.07, 6.45) is -0.856. The number of nitrogens with zero attached hydrogens (tertiary/aromatic N) is 3. The number of imidazole rings is 1. The minimum absolute atomic E-state index is 0.258. The number of rotatable bonds is 2. The van der Waals surface area contributed by atoms with Crippen molar-refractivity contribution in [3.05, 3.63) is 89.4 Å². The van der Waals surface area contributed by atoms with Crippen LogP contribution in [0, 0.1) is 18.8 Å². The molecular weight excluding hydrogens is 417 g/mol. The molecule has 8 heteroatoms. The smallest absolute Gasteiger partial charge is 0.353 e. The molecule has 0 bridgehead atoms. The van der Waals surface area contributed by atoms with Crippen LogP contribution in [0.4, 0.5) is 24.7 Å². The fourth-order valence-electron chi connectivity index (χ4n) is 3.41. The minimum atomic E-state index is -4.43. The lowest BCUT2D eigenvalue weighted by atomic mass is 10.1. The van der Waals surface area contributed by atoms with Crippen molar-refractivity contribution in [1.29, 1.82) is 0 Å². The standard InChI is InChI=1S/C24H15F3N4O/c1-15-8-10-20-22(19(15)11-9-18-14-28-21-7-2-3-12-31(18)21)32-30-23(20)29-17-6-4-5-16(13-17)24(25,26)27/h2-8,10,12-14H,1H3,(H,29,30). The molecule has 5 aromatic rings. The third-order valence-corrected chi connectivity index (χ3v) is 5.03. The van der Waals surface area contributed by atoms with Crippen LogP contribution >= 0.6 is 0 Å². The predicted molar refractivity (Wildman–Crippen MR) is 115 cm³/mol. The number of hydrogen-bond donors (Lipinski definition) is 1. The van der Waals surface area contributed by atoms with E-state index in [0.717, 1.165) is 29.0 Å². The topological polar surface area (TPSA) is 55.4 Å². The summed E-state index contributed by atoms with van der Waals surface area (Å²) in [5.74, 6) is 6.57. The summed E-state index contributed by atoms with van der Waals surface area (Å²) in [5, 5.41) is 7.56. The lowest BCUT2D eigenvalue weighted by molar-refractivity contribution is -0.137. The van der Waals surface area contributed by atoms with Gasteiger partial charge in [-0.2, -0.15) is 13.2 Å². The Bertz CT molecular complexity index is 1520. The molecule has 0 amide bonds. The maximum absolute atomic E-state index is 13.0. The fourth-order valence-corrected chi connectivity index (χ4v) is 3.41. The Morgan fingerprint density at radius 3 is 2.75 bits per heavy atom. The Morgan fingerprint density at radius 1 is 1.03 bits per heavy atom. The van der Waals surface area contributed by atoms with Gasteiger partial charge in [-0.15, -0.1) is 0 Å². The van der Waals surface area contributed by atoms with E-state index in [9.17, 15) is 13.2 Å². The first-order valence-electron chi connectivity index (χ1n) is 9.67. The van der Waals surface area contributed by atoms with Crippen LogP contribution in [0.1, 0.15) is 22.4 Å². The molecule has 0 saturated heterocycles. The Labute approximate surface area is 180 Å². The number of aromatic nitrogens is 3. The number of pyridine rings is 1. The number of benzene rings is 2. The second kappa shape index (κ2) is 7.46. The largest absolute Gasteiger partial charge is 0.416 e. The molecule has 3 aromatic heterocycles. The number of anilines is 2. The third kappa shape index (κ3) is 3.54. The zero-order valence-corrected chi connectivity index (χ0v) is 16.7. The molecule has 5 rings (SSSR count). The summed E-state index contributed by atoms with van der Waals surface area (Å²) in [7, 11) is 0. The summed E-state index contributed by atoms with van der Waals surface area (Å²) in [6, 6.07) is 14.3. The molecule has 0 aliphatic rings. The van der Waals surface area contributed by atoms with Crippen LogP contribution in [0.5, 0.6) is 0 Å². The molecule has 158 valence electrons. The molecular formula is C24H15F3N4O. The van der Waals surface area contributed by atoms with Gasteiger partial charge in [0.2, 0.25) is 0 Å². The second-order valence-electron chi connectivity index (χ2n) is 7.19. The average Bonchev–Trinajstić information content (AvgIpc) is 3.37. The lowest BCUT2D eigenvalue weighted by Gasteiger charge is -2.09. The van der Waals surface area contributed by atoms with Gasteiger partial charge in [-0.1, -0.05) is 29.3 Å². The number of halogens is 3. The van der Waals surface area contributed by atoms with E-state index in [2.05, 4.69) is 27.3 Å². The van der Waals surface area contributed by atoms with E-state index in [4.69, 9.17) is 4.52 Å². The van der Waals surface area contributed by atoms with E-state index in [1.165, 1.54) is 12.1 Å². The van der Waals surface area contributed by atoms with Crippen molar-refractivity contribution >= 4 is 28.1 Å². The van der Waals surface area contributed by atoms with Crippen molar-refractivity contribution in [1.82, 2.24) is 14.5 Å². The first-order valence-corrected chi connectivity index (χ1v) is 9.67. The highest BCUT2D eigenvalue weighted by atomic mass is 19.4. The molecule has 0 saturated carbocycles. The molecule has 0 radical (unpaired) electrons. The van der Waals surface area contributed by atoms with Crippen LogP contribution < -0.4 is 5.32 Å². The SMILES string of the molecule is Cc1ccc2c(Nc3cccc(C(F)(F)F)c3)noc2c1C#Cc1cnc2ccccn12. The highest BCUT2D eigenvalue weighted by molar-refractivity contribution is 5.94. The van der Waals surface area contributed by atoms with Crippen LogP contribution in [-0.2, 0) is 6.18 Å². The summed E-state index contributed by atoms with van der Waals surface area (Å²) >= 11 is 0. The second-order valence-corrected chi connectivity index (χ2v) is 7.19. The van der Waals surface area contributed by atoms with Gasteiger partial charge in [-0.05, 0) is 54.8 Å². The van der Waals surface area contributed by atoms with Crippen molar-refractivity contribution in [2.75, 3.05) is 5.32 Å². The maximum atomic E-state index is 13.0. The van der Waals surface area contributed by atoms with E-state index < -0.39 is 11.7 Å². The van der Waals surface area contributed by atoms with Crippen LogP contribution in [0.15, 0.2) is 71.5 Å². The van der Waals surface area contributed by atoms with E-state index >= 15 is 0 Å². The molecule has 2 aromatic carbocycles. The van der Waals surface area contributed by atoms with Gasteiger partial charge in [0.25, 0.3) is 0 Å². The van der Waals surface area contributed by atoms with E-state index in [0.29, 0.717) is 22.4 Å². The molecule has 0 aliphatic carbocycles. The summed E-state index contributed by atoms with van der Waals surface area (Å²) in [6.45, 7) is 1.90. The number of nitrogens with one attached hydrogen (secondary N) is 1. The fraction of sp³-hybridized carbons (Fsp3) is 0.0833. The highest BCUT2D eigenvalue weighted by Gasteiger charge is 2.30. The predicted octanol–water partition coefficient (Wildman–Crippen LogP) is 5.95. The molecule has 0 atom stereocenters. The Kier molecular flexibility index (Phi) is 4.59. The monoisotopic (exact) mass is 432 g/mol. The number of aryl methyl sites for hydroxylation is 1. The van der Waals surface area contributed by atoms with Crippen LogP contribution in [-0.4, -0.2) is 14.5 Å². The number of hydrogen-bond acceptors (Lipinski definition) is 4. The van der Waals surface area contributed by atoms with Gasteiger partial charge >= 0.3 is 6.18 Å². The van der Waals surface area contributed by atoms with E-state index in [1.807, 2.05) is 41.8 Å². The molecule has 5 nitrogen and oxygen atoms in total. The quantitative estimate of drug-likeness (QED) is 0.351. The molecule has 3 heterocycles. The van der Waals surface area contributed by atoms with Crippen molar-refractivity contribution in [2.24, 2.45) is 0 Å². The molecule has 1 N–H and O–H groups in total. The minimum Gasteiger partial charge on any atom is -0.353 e. The summed E-state index contributed by atoms with van der Waals surface area (Å²) in [5.41, 5.74) is 3.02. The van der Waals surface area contributed by atoms with Crippen molar-refractivity contribution in [3.63, 3.8) is 0 Å². The molecule has 0 spiro atoms. The first kappa shape index (κ1) is 19.7. The van der Waals surface area contributed by atoms with Gasteiger partial charge in [0.15, 0.2) is 11.4 Å². The Hall–Kier alpha value is -4.25. The Balaban J connectivity index is 1.53. The van der Waals surface area contributed by atoms with Gasteiger partial charge in [0.05, 0.1) is 22.7 Å². The zero-order chi connectivity index (χ0) is 22.3. The maximum Gasteiger partial charge on any atom is 0.416 e. The summed E-state index contributed by atoms with van der Waals surface area (Å²) in [4.78, 5) is 4.33. The number of alkyl halides is 3. The van der Waals surface area contributed by atoms with Gasteiger partial charge < -0.3 is 9.84 Å². The molecule has 32 heavy (non-hydrogen) atoms. The normalized spacial score (nSPS) is 11.5. The van der Waals surface area contributed by atoms with Crippen molar-refractivity contribution in [3.8, 4) is 11.8 Å². The van der Waals surface area contributed by atoms with Gasteiger partial charge in [-0.25, -0.2) is 4.98 Å². The van der Waals surface area contributed by atoms with E-state index in [1.54, 1.807) is 12.3 Å². The van der Waals surface area contributed by atoms with Crippen LogP contribution in [0.3, 0.4) is 0 Å². The molecule has 0 fully saturated rings. The van der Waals surface area contributed by atoms with Crippen LogP contribution in [0.25, 0.3) is 16.6 Å². The average molecular weight is 432 g/mol. The molecule has 0 aliphatic heterocycles. The first-order chi connectivity index (χ1) is 15.4. The van der Waals surface area contributed by atoms with Gasteiger partial charge in [0, 0.05) is 11.9 Å². The van der Waals surface area contributed by atoms with Gasteiger partial charge in [-0.3, -0.25) is 4.40 Å². The van der Waals surface area contributed by atoms with Crippen molar-refractivity contribution < 1.29 is 17.7 Å². The lowest BCUT2D eigenvalue weighted by Crippen LogP contribution is -2.05. The van der Waals surface area contributed by atoms with Gasteiger partial charge in [0.1, 0.15) is 11.3 Å². The Morgan fingerprint density at radius 2 is 1.91 bits per heavy atom. The third-order valence-electron chi connectivity index (χ3n) is 5.03. The number of fused-ring (bicyclic) bond motifs is 2. The van der Waals surface area contributed by atoms with Crippen LogP contribution in [0.2, 0.25) is 0 Å².